The highest BCUT2D eigenvalue weighted by molar-refractivity contribution is 5.42. The first-order valence-corrected chi connectivity index (χ1v) is 7.46. The van der Waals surface area contributed by atoms with Crippen LogP contribution in [0.5, 0.6) is 11.5 Å². The fourth-order valence-corrected chi connectivity index (χ4v) is 1.93. The van der Waals surface area contributed by atoms with E-state index in [-0.39, 0.29) is 6.10 Å². The predicted molar refractivity (Wildman–Crippen MR) is 87.2 cm³/mol. The summed E-state index contributed by atoms with van der Waals surface area (Å²) in [6.07, 6.45) is 1.10. The molecule has 1 N–H and O–H groups in total. The van der Waals surface area contributed by atoms with Crippen molar-refractivity contribution >= 4 is 5.69 Å². The summed E-state index contributed by atoms with van der Waals surface area (Å²) in [5.74, 6) is 1.75. The SMILES string of the molecule is CCCOc1ccc(OC(C)CNc2ccccc2)cc1. The zero-order valence-corrected chi connectivity index (χ0v) is 12.7. The van der Waals surface area contributed by atoms with Gasteiger partial charge in [-0.15, -0.1) is 0 Å². The molecule has 0 radical (unpaired) electrons. The first-order chi connectivity index (χ1) is 10.3. The quantitative estimate of drug-likeness (QED) is 0.782. The lowest BCUT2D eigenvalue weighted by Gasteiger charge is -2.16. The van der Waals surface area contributed by atoms with E-state index in [0.29, 0.717) is 0 Å². The van der Waals surface area contributed by atoms with Crippen molar-refractivity contribution in [1.29, 1.82) is 0 Å². The molecule has 0 aliphatic heterocycles. The van der Waals surface area contributed by atoms with Crippen molar-refractivity contribution in [2.45, 2.75) is 26.4 Å². The van der Waals surface area contributed by atoms with Crippen LogP contribution in [-0.4, -0.2) is 19.3 Å². The molecule has 21 heavy (non-hydrogen) atoms. The molecule has 0 saturated carbocycles. The van der Waals surface area contributed by atoms with Crippen LogP contribution in [0.1, 0.15) is 20.3 Å². The van der Waals surface area contributed by atoms with Crippen LogP contribution >= 0.6 is 0 Å². The van der Waals surface area contributed by atoms with Crippen molar-refractivity contribution in [2.24, 2.45) is 0 Å². The smallest absolute Gasteiger partial charge is 0.120 e. The third-order valence-corrected chi connectivity index (χ3v) is 3.00. The molecule has 1 unspecified atom stereocenters. The number of para-hydroxylation sites is 1. The molecule has 3 heteroatoms. The van der Waals surface area contributed by atoms with E-state index in [0.717, 1.165) is 36.8 Å². The van der Waals surface area contributed by atoms with Crippen molar-refractivity contribution in [1.82, 2.24) is 0 Å². The molecular formula is C18H23NO2. The van der Waals surface area contributed by atoms with Gasteiger partial charge >= 0.3 is 0 Å². The van der Waals surface area contributed by atoms with E-state index in [4.69, 9.17) is 9.47 Å². The van der Waals surface area contributed by atoms with Gasteiger partial charge in [-0.1, -0.05) is 25.1 Å². The third kappa shape index (κ3) is 5.38. The predicted octanol–water partition coefficient (Wildman–Crippen LogP) is 4.35. The van der Waals surface area contributed by atoms with Gasteiger partial charge in [-0.05, 0) is 49.7 Å². The Morgan fingerprint density at radius 1 is 0.952 bits per heavy atom. The highest BCUT2D eigenvalue weighted by Gasteiger charge is 2.04. The molecule has 0 amide bonds. The number of rotatable bonds is 8. The molecule has 1 atom stereocenters. The van der Waals surface area contributed by atoms with Gasteiger partial charge in [0.1, 0.15) is 17.6 Å². The topological polar surface area (TPSA) is 30.5 Å². The second-order valence-corrected chi connectivity index (χ2v) is 5.00. The number of ether oxygens (including phenoxy) is 2. The normalized spacial score (nSPS) is 11.7. The summed E-state index contributed by atoms with van der Waals surface area (Å²) in [5.41, 5.74) is 1.11. The van der Waals surface area contributed by atoms with E-state index in [1.165, 1.54) is 0 Å². The number of nitrogens with one attached hydrogen (secondary N) is 1. The van der Waals surface area contributed by atoms with Crippen LogP contribution in [0.15, 0.2) is 54.6 Å². The summed E-state index contributed by atoms with van der Waals surface area (Å²) < 4.78 is 11.4. The molecule has 0 heterocycles. The number of anilines is 1. The van der Waals surface area contributed by atoms with E-state index in [9.17, 15) is 0 Å². The fraction of sp³-hybridized carbons (Fsp3) is 0.333. The van der Waals surface area contributed by atoms with Crippen LogP contribution in [-0.2, 0) is 0 Å². The number of hydrogen-bond donors (Lipinski definition) is 1. The van der Waals surface area contributed by atoms with Crippen LogP contribution < -0.4 is 14.8 Å². The summed E-state index contributed by atoms with van der Waals surface area (Å²) in [7, 11) is 0. The summed E-state index contributed by atoms with van der Waals surface area (Å²) in [6.45, 7) is 5.66. The summed E-state index contributed by atoms with van der Waals surface area (Å²) in [5, 5.41) is 3.35. The lowest BCUT2D eigenvalue weighted by molar-refractivity contribution is 0.234. The van der Waals surface area contributed by atoms with Crippen molar-refractivity contribution in [3.8, 4) is 11.5 Å². The zero-order chi connectivity index (χ0) is 14.9. The Hall–Kier alpha value is -2.16. The Balaban J connectivity index is 1.78. The average Bonchev–Trinajstić information content (AvgIpc) is 2.53. The lowest BCUT2D eigenvalue weighted by atomic mass is 10.3. The summed E-state index contributed by atoms with van der Waals surface area (Å²) in [6, 6.07) is 17.9. The molecule has 0 aliphatic rings. The highest BCUT2D eigenvalue weighted by Crippen LogP contribution is 2.19. The maximum absolute atomic E-state index is 5.88. The molecule has 2 aromatic carbocycles. The molecule has 0 saturated heterocycles. The van der Waals surface area contributed by atoms with Gasteiger partial charge < -0.3 is 14.8 Å². The van der Waals surface area contributed by atoms with Gasteiger partial charge in [0.25, 0.3) is 0 Å². The van der Waals surface area contributed by atoms with Gasteiger partial charge in [0.05, 0.1) is 13.2 Å². The zero-order valence-electron chi connectivity index (χ0n) is 12.7. The van der Waals surface area contributed by atoms with Crippen LogP contribution in [0.2, 0.25) is 0 Å². The molecule has 0 aromatic heterocycles. The molecule has 2 aromatic rings. The minimum Gasteiger partial charge on any atom is -0.494 e. The molecular weight excluding hydrogens is 262 g/mol. The van der Waals surface area contributed by atoms with Gasteiger partial charge in [0, 0.05) is 5.69 Å². The number of benzene rings is 2. The van der Waals surface area contributed by atoms with Crippen molar-refractivity contribution in [3.05, 3.63) is 54.6 Å². The Kier molecular flexibility index (Phi) is 5.95. The maximum Gasteiger partial charge on any atom is 0.120 e. The second kappa shape index (κ2) is 8.20. The van der Waals surface area contributed by atoms with Crippen molar-refractivity contribution < 1.29 is 9.47 Å². The Morgan fingerprint density at radius 2 is 1.62 bits per heavy atom. The Labute approximate surface area is 126 Å². The van der Waals surface area contributed by atoms with Gasteiger partial charge in [0.2, 0.25) is 0 Å². The fourth-order valence-electron chi connectivity index (χ4n) is 1.93. The third-order valence-electron chi connectivity index (χ3n) is 3.00. The molecule has 0 aliphatic carbocycles. The standard InChI is InChI=1S/C18H23NO2/c1-3-13-20-17-9-11-18(12-10-17)21-15(2)14-19-16-7-5-4-6-8-16/h4-12,15,19H,3,13-14H2,1-2H3. The molecule has 0 fully saturated rings. The van der Waals surface area contributed by atoms with Crippen molar-refractivity contribution in [3.63, 3.8) is 0 Å². The first kappa shape index (κ1) is 15.2. The lowest BCUT2D eigenvalue weighted by Crippen LogP contribution is -2.22. The van der Waals surface area contributed by atoms with E-state index < -0.39 is 0 Å². The van der Waals surface area contributed by atoms with Gasteiger partial charge in [0.15, 0.2) is 0 Å². The minimum absolute atomic E-state index is 0.0904. The Morgan fingerprint density at radius 3 is 2.29 bits per heavy atom. The monoisotopic (exact) mass is 285 g/mol. The van der Waals surface area contributed by atoms with E-state index in [1.54, 1.807) is 0 Å². The summed E-state index contributed by atoms with van der Waals surface area (Å²) in [4.78, 5) is 0. The van der Waals surface area contributed by atoms with Gasteiger partial charge in [-0.25, -0.2) is 0 Å². The van der Waals surface area contributed by atoms with Crippen molar-refractivity contribution in [2.75, 3.05) is 18.5 Å². The van der Waals surface area contributed by atoms with Crippen LogP contribution in [0.4, 0.5) is 5.69 Å². The molecule has 3 nitrogen and oxygen atoms in total. The van der Waals surface area contributed by atoms with E-state index >= 15 is 0 Å². The van der Waals surface area contributed by atoms with Crippen LogP contribution in [0.3, 0.4) is 0 Å². The van der Waals surface area contributed by atoms with E-state index in [2.05, 4.69) is 19.2 Å². The van der Waals surface area contributed by atoms with Crippen LogP contribution in [0.25, 0.3) is 0 Å². The maximum atomic E-state index is 5.88. The molecule has 0 spiro atoms. The first-order valence-electron chi connectivity index (χ1n) is 7.46. The molecule has 2 rings (SSSR count). The van der Waals surface area contributed by atoms with E-state index in [1.807, 2.05) is 54.6 Å². The second-order valence-electron chi connectivity index (χ2n) is 5.00. The average molecular weight is 285 g/mol. The van der Waals surface area contributed by atoms with Gasteiger partial charge in [-0.2, -0.15) is 0 Å². The highest BCUT2D eigenvalue weighted by atomic mass is 16.5. The molecule has 0 bridgehead atoms. The van der Waals surface area contributed by atoms with Crippen LogP contribution in [0, 0.1) is 0 Å². The minimum atomic E-state index is 0.0904. The largest absolute Gasteiger partial charge is 0.494 e. The number of hydrogen-bond acceptors (Lipinski definition) is 3. The molecule has 112 valence electrons. The van der Waals surface area contributed by atoms with Gasteiger partial charge in [-0.3, -0.25) is 0 Å². The Bertz CT molecular complexity index is 511. The summed E-state index contributed by atoms with van der Waals surface area (Å²) >= 11 is 0.